The van der Waals surface area contributed by atoms with E-state index in [1.54, 1.807) is 6.07 Å². The highest BCUT2D eigenvalue weighted by molar-refractivity contribution is 5.89. The third kappa shape index (κ3) is 2.43. The number of nitrogens with one attached hydrogen (secondary N) is 2. The number of rotatable bonds is 2. The van der Waals surface area contributed by atoms with E-state index in [0.717, 1.165) is 27.8 Å². The first-order chi connectivity index (χ1) is 9.97. The molecule has 1 aromatic heterocycles. The van der Waals surface area contributed by atoms with Crippen molar-refractivity contribution in [2.45, 2.75) is 39.0 Å². The van der Waals surface area contributed by atoms with Crippen molar-refractivity contribution in [3.05, 3.63) is 39.7 Å². The summed E-state index contributed by atoms with van der Waals surface area (Å²) in [5.74, 6) is 0.746. The molecular formula is C16H20N2O3. The van der Waals surface area contributed by atoms with Crippen LogP contribution in [0, 0.1) is 6.92 Å². The molecule has 0 spiro atoms. The van der Waals surface area contributed by atoms with Gasteiger partial charge < -0.3 is 20.1 Å². The number of aromatic nitrogens is 1. The molecule has 5 heteroatoms. The van der Waals surface area contributed by atoms with Crippen LogP contribution in [-0.2, 0) is 0 Å². The van der Waals surface area contributed by atoms with Gasteiger partial charge in [-0.3, -0.25) is 4.79 Å². The Morgan fingerprint density at radius 3 is 2.90 bits per heavy atom. The number of pyridine rings is 1. The summed E-state index contributed by atoms with van der Waals surface area (Å²) in [5.41, 5.74) is 2.58. The molecule has 5 nitrogen and oxygen atoms in total. The molecule has 0 fully saturated rings. The van der Waals surface area contributed by atoms with E-state index < -0.39 is 6.10 Å². The first-order valence-electron chi connectivity index (χ1n) is 7.21. The predicted octanol–water partition coefficient (Wildman–Crippen LogP) is 1.63. The van der Waals surface area contributed by atoms with Gasteiger partial charge in [-0.25, -0.2) is 0 Å². The number of aliphatic hydroxyl groups is 1. The monoisotopic (exact) mass is 288 g/mol. The van der Waals surface area contributed by atoms with Crippen molar-refractivity contribution in [1.82, 2.24) is 10.3 Å². The fraction of sp³-hybridized carbons (Fsp3) is 0.438. The van der Waals surface area contributed by atoms with Crippen molar-refractivity contribution in [3.8, 4) is 5.75 Å². The number of benzene rings is 1. The molecule has 1 aliphatic rings. The molecule has 2 atom stereocenters. The van der Waals surface area contributed by atoms with E-state index in [2.05, 4.69) is 10.3 Å². The Kier molecular flexibility index (Phi) is 3.47. The minimum Gasteiger partial charge on any atom is -0.490 e. The van der Waals surface area contributed by atoms with Gasteiger partial charge in [0.15, 0.2) is 0 Å². The second-order valence-corrected chi connectivity index (χ2v) is 5.90. The lowest BCUT2D eigenvalue weighted by molar-refractivity contribution is 0.0532. The molecule has 0 bridgehead atoms. The topological polar surface area (TPSA) is 74.4 Å². The van der Waals surface area contributed by atoms with Crippen LogP contribution < -0.4 is 15.6 Å². The van der Waals surface area contributed by atoms with E-state index in [9.17, 15) is 9.90 Å². The highest BCUT2D eigenvalue weighted by atomic mass is 16.5. The van der Waals surface area contributed by atoms with E-state index in [-0.39, 0.29) is 24.2 Å². The maximum absolute atomic E-state index is 11.5. The normalized spacial score (nSPS) is 21.4. The molecule has 0 amide bonds. The van der Waals surface area contributed by atoms with Crippen LogP contribution in [0.3, 0.4) is 0 Å². The molecule has 0 aliphatic carbocycles. The van der Waals surface area contributed by atoms with E-state index >= 15 is 0 Å². The molecule has 0 saturated carbocycles. The van der Waals surface area contributed by atoms with Crippen LogP contribution in [-0.4, -0.2) is 28.8 Å². The fourth-order valence-corrected chi connectivity index (χ4v) is 2.93. The lowest BCUT2D eigenvalue weighted by atomic mass is 9.93. The minimum absolute atomic E-state index is 0.127. The number of aryl methyl sites for hydroxylation is 1. The average molecular weight is 288 g/mol. The molecule has 1 aliphatic heterocycles. The summed E-state index contributed by atoms with van der Waals surface area (Å²) in [4.78, 5) is 14.4. The minimum atomic E-state index is -0.584. The Labute approximate surface area is 123 Å². The molecule has 0 unspecified atom stereocenters. The molecule has 3 N–H and O–H groups in total. The lowest BCUT2D eigenvalue weighted by Crippen LogP contribution is -2.42. The third-order valence-electron chi connectivity index (χ3n) is 3.82. The summed E-state index contributed by atoms with van der Waals surface area (Å²) in [6, 6.07) is 5.35. The Hall–Kier alpha value is -1.85. The maximum Gasteiger partial charge on any atom is 0.248 e. The van der Waals surface area contributed by atoms with Crippen LogP contribution in [0.15, 0.2) is 23.0 Å². The molecule has 1 aromatic carbocycles. The number of ether oxygens (including phenoxy) is 1. The zero-order chi connectivity index (χ0) is 15.1. The third-order valence-corrected chi connectivity index (χ3v) is 3.82. The van der Waals surface area contributed by atoms with Gasteiger partial charge in [0, 0.05) is 23.1 Å². The first-order valence-corrected chi connectivity index (χ1v) is 7.21. The fourth-order valence-electron chi connectivity index (χ4n) is 2.93. The first kappa shape index (κ1) is 14.1. The maximum atomic E-state index is 11.5. The number of aromatic amines is 1. The molecule has 112 valence electrons. The number of hydrogen-bond donors (Lipinski definition) is 3. The molecular weight excluding hydrogens is 268 g/mol. The van der Waals surface area contributed by atoms with Crippen LogP contribution in [0.25, 0.3) is 10.9 Å². The Bertz CT molecular complexity index is 736. The number of aliphatic hydroxyl groups excluding tert-OH is 1. The highest BCUT2D eigenvalue weighted by Crippen LogP contribution is 2.39. The SMILES string of the molecule is Cc1cc2c(c3ccc(=O)[nH]c13)OC[C@H](O)[C@H]2NC(C)C. The Balaban J connectivity index is 2.23. The van der Waals surface area contributed by atoms with Gasteiger partial charge >= 0.3 is 0 Å². The van der Waals surface area contributed by atoms with Gasteiger partial charge in [0.1, 0.15) is 18.5 Å². The Morgan fingerprint density at radius 2 is 2.19 bits per heavy atom. The van der Waals surface area contributed by atoms with E-state index in [0.29, 0.717) is 0 Å². The summed E-state index contributed by atoms with van der Waals surface area (Å²) in [7, 11) is 0. The summed E-state index contributed by atoms with van der Waals surface area (Å²) < 4.78 is 5.74. The summed E-state index contributed by atoms with van der Waals surface area (Å²) in [6.45, 7) is 6.29. The van der Waals surface area contributed by atoms with Crippen LogP contribution in [0.5, 0.6) is 5.75 Å². The van der Waals surface area contributed by atoms with E-state index in [4.69, 9.17) is 4.74 Å². The van der Waals surface area contributed by atoms with Crippen LogP contribution in [0.4, 0.5) is 0 Å². The highest BCUT2D eigenvalue weighted by Gasteiger charge is 2.31. The number of fused-ring (bicyclic) bond motifs is 3. The van der Waals surface area contributed by atoms with Crippen molar-refractivity contribution in [1.29, 1.82) is 0 Å². The zero-order valence-corrected chi connectivity index (χ0v) is 12.4. The molecule has 2 aromatic rings. The van der Waals surface area contributed by atoms with E-state index in [1.165, 1.54) is 6.07 Å². The van der Waals surface area contributed by atoms with E-state index in [1.807, 2.05) is 26.8 Å². The summed E-state index contributed by atoms with van der Waals surface area (Å²) in [5, 5.41) is 14.5. The molecule has 3 rings (SSSR count). The number of hydrogen-bond acceptors (Lipinski definition) is 4. The Morgan fingerprint density at radius 1 is 1.43 bits per heavy atom. The zero-order valence-electron chi connectivity index (χ0n) is 12.4. The summed E-state index contributed by atoms with van der Waals surface area (Å²) >= 11 is 0. The van der Waals surface area contributed by atoms with Crippen molar-refractivity contribution >= 4 is 10.9 Å². The van der Waals surface area contributed by atoms with Crippen LogP contribution in [0.1, 0.15) is 31.0 Å². The van der Waals surface area contributed by atoms with Crippen molar-refractivity contribution in [3.63, 3.8) is 0 Å². The second-order valence-electron chi connectivity index (χ2n) is 5.90. The molecule has 0 saturated heterocycles. The predicted molar refractivity (Wildman–Crippen MR) is 81.8 cm³/mol. The number of H-pyrrole nitrogens is 1. The van der Waals surface area contributed by atoms with Gasteiger partial charge in [-0.05, 0) is 24.6 Å². The van der Waals surface area contributed by atoms with Gasteiger partial charge in [-0.1, -0.05) is 13.8 Å². The largest absolute Gasteiger partial charge is 0.490 e. The van der Waals surface area contributed by atoms with Gasteiger partial charge in [0.2, 0.25) is 5.56 Å². The standard InChI is InChI=1S/C16H20N2O3/c1-8(2)17-15-11-6-9(3)14-10(4-5-13(20)18-14)16(11)21-7-12(15)19/h4-6,8,12,15,17,19H,7H2,1-3H3,(H,18,20)/t12-,15-/m0/s1. The molecule has 0 radical (unpaired) electrons. The van der Waals surface area contributed by atoms with Gasteiger partial charge in [0.05, 0.1) is 11.6 Å². The van der Waals surface area contributed by atoms with Crippen molar-refractivity contribution in [2.24, 2.45) is 0 Å². The van der Waals surface area contributed by atoms with Crippen LogP contribution >= 0.6 is 0 Å². The molecule has 21 heavy (non-hydrogen) atoms. The quantitative estimate of drug-likeness (QED) is 0.785. The molecule has 2 heterocycles. The smallest absolute Gasteiger partial charge is 0.248 e. The summed E-state index contributed by atoms with van der Waals surface area (Å²) in [6.07, 6.45) is -0.584. The van der Waals surface area contributed by atoms with Crippen LogP contribution in [0.2, 0.25) is 0 Å². The van der Waals surface area contributed by atoms with Gasteiger partial charge in [-0.15, -0.1) is 0 Å². The van der Waals surface area contributed by atoms with Crippen molar-refractivity contribution < 1.29 is 9.84 Å². The van der Waals surface area contributed by atoms with Crippen molar-refractivity contribution in [2.75, 3.05) is 6.61 Å². The second kappa shape index (κ2) is 5.16. The lowest BCUT2D eigenvalue weighted by Gasteiger charge is -2.33. The van der Waals surface area contributed by atoms with Gasteiger partial charge in [0.25, 0.3) is 0 Å². The van der Waals surface area contributed by atoms with Gasteiger partial charge in [-0.2, -0.15) is 0 Å². The average Bonchev–Trinajstić information content (AvgIpc) is 2.42.